The molecule has 1 aliphatic carbocycles. The summed E-state index contributed by atoms with van der Waals surface area (Å²) < 4.78 is 34.2. The first-order chi connectivity index (χ1) is 15.5. The molecule has 1 saturated carbocycles. The molecule has 0 atom stereocenters. The van der Waals surface area contributed by atoms with Crippen LogP contribution < -0.4 is 0 Å². The molecule has 0 N–H and O–H groups in total. The Morgan fingerprint density at radius 3 is 2.59 bits per heavy atom. The number of aromatic nitrogens is 2. The first-order valence-corrected chi connectivity index (χ1v) is 13.8. The Morgan fingerprint density at radius 2 is 1.81 bits per heavy atom. The first-order valence-electron chi connectivity index (χ1n) is 11.3. The molecule has 2 aliphatic rings. The number of hydrogen-bond donors (Lipinski definition) is 0. The average molecular weight is 565 g/mol. The molecule has 32 heavy (non-hydrogen) atoms. The zero-order chi connectivity index (χ0) is 22.1. The van der Waals surface area contributed by atoms with Crippen molar-refractivity contribution < 1.29 is 13.2 Å². The van der Waals surface area contributed by atoms with Gasteiger partial charge in [0.1, 0.15) is 0 Å². The van der Waals surface area contributed by atoms with Gasteiger partial charge in [-0.25, -0.2) is 17.4 Å². The Balaban J connectivity index is 1.37. The van der Waals surface area contributed by atoms with Crippen LogP contribution in [0.2, 0.25) is 0 Å². The van der Waals surface area contributed by atoms with Crippen LogP contribution in [-0.2, 0) is 14.8 Å². The molecule has 8 heteroatoms. The van der Waals surface area contributed by atoms with Gasteiger partial charge < -0.3 is 4.74 Å². The molecule has 1 aromatic carbocycles. The van der Waals surface area contributed by atoms with E-state index in [0.29, 0.717) is 17.6 Å². The molecule has 0 amide bonds. The van der Waals surface area contributed by atoms with Gasteiger partial charge in [-0.05, 0) is 84.4 Å². The second kappa shape index (κ2) is 9.40. The molecule has 2 fully saturated rings. The molecule has 3 aromatic rings. The SMILES string of the molecule is O=S(=O)(c1ccccc1)n1cc(I)c2cc([C@H]3CC[C@H](N4CCCOCC4)CC3)cnc21. The third-order valence-electron chi connectivity index (χ3n) is 6.83. The summed E-state index contributed by atoms with van der Waals surface area (Å²) >= 11 is 2.22. The van der Waals surface area contributed by atoms with Crippen LogP contribution in [0.25, 0.3) is 11.0 Å². The second-order valence-corrected chi connectivity index (χ2v) is 11.7. The zero-order valence-electron chi connectivity index (χ0n) is 18.0. The van der Waals surface area contributed by atoms with E-state index in [1.807, 2.05) is 12.3 Å². The standard InChI is InChI=1S/C24H28IN3O3S/c25-23-17-28(32(29,30)21-5-2-1-3-6-21)24-22(23)15-19(16-26-24)18-7-9-20(10-8-18)27-11-4-13-31-14-12-27/h1-3,5-6,15-18,20H,4,7-14H2/t18-,20-. The van der Waals surface area contributed by atoms with E-state index >= 15 is 0 Å². The molecule has 5 rings (SSSR count). The molecule has 3 heterocycles. The van der Waals surface area contributed by atoms with Crippen molar-refractivity contribution >= 4 is 43.6 Å². The maximum absolute atomic E-state index is 13.2. The first kappa shape index (κ1) is 22.3. The summed E-state index contributed by atoms with van der Waals surface area (Å²) in [5.74, 6) is 0.483. The topological polar surface area (TPSA) is 64.4 Å². The van der Waals surface area contributed by atoms with Crippen LogP contribution in [-0.4, -0.2) is 54.6 Å². The van der Waals surface area contributed by atoms with Crippen LogP contribution in [0.4, 0.5) is 0 Å². The van der Waals surface area contributed by atoms with Crippen LogP contribution in [0.1, 0.15) is 43.6 Å². The monoisotopic (exact) mass is 565 g/mol. The van der Waals surface area contributed by atoms with Crippen molar-refractivity contribution in [1.29, 1.82) is 0 Å². The minimum atomic E-state index is -3.67. The van der Waals surface area contributed by atoms with E-state index < -0.39 is 10.0 Å². The fourth-order valence-electron chi connectivity index (χ4n) is 5.08. The van der Waals surface area contributed by atoms with Crippen molar-refractivity contribution in [3.05, 3.63) is 57.9 Å². The van der Waals surface area contributed by atoms with Gasteiger partial charge in [0.05, 0.1) is 11.5 Å². The van der Waals surface area contributed by atoms with E-state index in [9.17, 15) is 8.42 Å². The molecule has 0 spiro atoms. The molecule has 6 nitrogen and oxygen atoms in total. The van der Waals surface area contributed by atoms with Gasteiger partial charge in [-0.15, -0.1) is 0 Å². The highest BCUT2D eigenvalue weighted by Crippen LogP contribution is 2.37. The zero-order valence-corrected chi connectivity index (χ0v) is 21.0. The van der Waals surface area contributed by atoms with Gasteiger partial charge in [0.2, 0.25) is 0 Å². The molecule has 0 bridgehead atoms. The second-order valence-electron chi connectivity index (χ2n) is 8.74. The van der Waals surface area contributed by atoms with Gasteiger partial charge in [-0.3, -0.25) is 4.90 Å². The van der Waals surface area contributed by atoms with Gasteiger partial charge in [-0.1, -0.05) is 18.2 Å². The van der Waals surface area contributed by atoms with Crippen molar-refractivity contribution in [3.63, 3.8) is 0 Å². The van der Waals surface area contributed by atoms with Crippen LogP contribution in [0.15, 0.2) is 53.7 Å². The Bertz CT molecular complexity index is 1180. The summed E-state index contributed by atoms with van der Waals surface area (Å²) in [5, 5.41) is 0.911. The number of nitrogens with zero attached hydrogens (tertiary/aromatic N) is 3. The van der Waals surface area contributed by atoms with Crippen molar-refractivity contribution in [2.75, 3.05) is 26.3 Å². The summed E-state index contributed by atoms with van der Waals surface area (Å²) in [7, 11) is -3.67. The van der Waals surface area contributed by atoms with Crippen molar-refractivity contribution in [2.45, 2.75) is 49.0 Å². The van der Waals surface area contributed by atoms with E-state index in [-0.39, 0.29) is 4.90 Å². The van der Waals surface area contributed by atoms with Crippen LogP contribution in [0, 0.1) is 3.57 Å². The number of ether oxygens (including phenoxy) is 1. The minimum Gasteiger partial charge on any atom is -0.380 e. The molecule has 1 aliphatic heterocycles. The molecular weight excluding hydrogens is 537 g/mol. The highest BCUT2D eigenvalue weighted by molar-refractivity contribution is 14.1. The lowest BCUT2D eigenvalue weighted by atomic mass is 9.81. The Kier molecular flexibility index (Phi) is 6.55. The fourth-order valence-corrected chi connectivity index (χ4v) is 7.29. The van der Waals surface area contributed by atoms with Gasteiger partial charge in [0.25, 0.3) is 10.0 Å². The smallest absolute Gasteiger partial charge is 0.269 e. The number of hydrogen-bond acceptors (Lipinski definition) is 5. The number of halogens is 1. The summed E-state index contributed by atoms with van der Waals surface area (Å²) in [6.07, 6.45) is 9.39. The van der Waals surface area contributed by atoms with Crippen molar-refractivity contribution in [2.24, 2.45) is 0 Å². The van der Waals surface area contributed by atoms with E-state index in [1.54, 1.807) is 30.5 Å². The average Bonchev–Trinajstić information content (AvgIpc) is 2.99. The van der Waals surface area contributed by atoms with Gasteiger partial charge >= 0.3 is 0 Å². The number of benzene rings is 1. The quantitative estimate of drug-likeness (QED) is 0.432. The van der Waals surface area contributed by atoms with Crippen LogP contribution in [0.3, 0.4) is 0 Å². The van der Waals surface area contributed by atoms with E-state index in [2.05, 4.69) is 38.5 Å². The molecule has 0 radical (unpaired) electrons. The van der Waals surface area contributed by atoms with E-state index in [0.717, 1.165) is 54.5 Å². The predicted molar refractivity (Wildman–Crippen MR) is 133 cm³/mol. The van der Waals surface area contributed by atoms with Crippen LogP contribution >= 0.6 is 22.6 Å². The van der Waals surface area contributed by atoms with Gasteiger partial charge in [0.15, 0.2) is 5.65 Å². The third-order valence-corrected chi connectivity index (χ3v) is 9.35. The van der Waals surface area contributed by atoms with Crippen molar-refractivity contribution in [1.82, 2.24) is 13.9 Å². The number of pyridine rings is 1. The predicted octanol–water partition coefficient (Wildman–Crippen LogP) is 4.63. The molecule has 1 saturated heterocycles. The molecule has 170 valence electrons. The van der Waals surface area contributed by atoms with E-state index in [1.165, 1.54) is 22.4 Å². The third kappa shape index (κ3) is 4.34. The maximum atomic E-state index is 13.2. The lowest BCUT2D eigenvalue weighted by Gasteiger charge is -2.36. The van der Waals surface area contributed by atoms with Gasteiger partial charge in [-0.2, -0.15) is 0 Å². The normalized spacial score (nSPS) is 23.3. The lowest BCUT2D eigenvalue weighted by Crippen LogP contribution is -2.39. The highest BCUT2D eigenvalue weighted by atomic mass is 127. The minimum absolute atomic E-state index is 0.274. The van der Waals surface area contributed by atoms with E-state index in [4.69, 9.17) is 4.74 Å². The summed E-state index contributed by atoms with van der Waals surface area (Å²) in [5.41, 5.74) is 1.73. The number of fused-ring (bicyclic) bond motifs is 1. The lowest BCUT2D eigenvalue weighted by molar-refractivity contribution is 0.118. The Hall–Kier alpha value is -1.49. The van der Waals surface area contributed by atoms with Crippen molar-refractivity contribution in [3.8, 4) is 0 Å². The van der Waals surface area contributed by atoms with Gasteiger partial charge in [0, 0.05) is 47.1 Å². The summed E-state index contributed by atoms with van der Waals surface area (Å²) in [6.45, 7) is 3.92. The molecule has 0 unspecified atom stereocenters. The fraction of sp³-hybridized carbons (Fsp3) is 0.458. The van der Waals surface area contributed by atoms with Crippen LogP contribution in [0.5, 0.6) is 0 Å². The number of rotatable bonds is 4. The largest absolute Gasteiger partial charge is 0.380 e. The highest BCUT2D eigenvalue weighted by Gasteiger charge is 2.28. The summed E-state index contributed by atoms with van der Waals surface area (Å²) in [6, 6.07) is 11.4. The Morgan fingerprint density at radius 1 is 1.03 bits per heavy atom. The molecular formula is C24H28IN3O3S. The maximum Gasteiger partial charge on any atom is 0.269 e. The summed E-state index contributed by atoms with van der Waals surface area (Å²) in [4.78, 5) is 7.53. The Labute approximate surface area is 203 Å². The molecule has 2 aromatic heterocycles.